The third-order valence-electron chi connectivity index (χ3n) is 2.74. The molecule has 0 unspecified atom stereocenters. The van der Waals surface area contributed by atoms with E-state index in [2.05, 4.69) is 10.5 Å². The Hall–Kier alpha value is -1.37. The lowest BCUT2D eigenvalue weighted by Crippen LogP contribution is -2.30. The minimum absolute atomic E-state index is 0.0111. The first-order valence-corrected chi connectivity index (χ1v) is 7.20. The molecule has 0 aliphatic carbocycles. The molecule has 1 aromatic rings. The second kappa shape index (κ2) is 4.48. The number of rotatable bonds is 3. The standard InChI is InChI=1S/C10H14N2O4S/c1-7-4-9(12-16-7)10(13)11-5-8-2-3-17(14,15)6-8/h4,8H,2-3,5-6H2,1H3,(H,11,13)/t8-/m1/s1. The first kappa shape index (κ1) is 12.1. The van der Waals surface area contributed by atoms with Crippen molar-refractivity contribution in [3.05, 3.63) is 17.5 Å². The van der Waals surface area contributed by atoms with E-state index in [0.29, 0.717) is 18.7 Å². The highest BCUT2D eigenvalue weighted by molar-refractivity contribution is 7.91. The van der Waals surface area contributed by atoms with Gasteiger partial charge in [0.2, 0.25) is 0 Å². The molecule has 7 heteroatoms. The molecule has 1 saturated heterocycles. The lowest BCUT2D eigenvalue weighted by Gasteiger charge is -2.07. The van der Waals surface area contributed by atoms with Crippen molar-refractivity contribution in [1.82, 2.24) is 10.5 Å². The molecule has 1 aromatic heterocycles. The fourth-order valence-electron chi connectivity index (χ4n) is 1.83. The van der Waals surface area contributed by atoms with Crippen LogP contribution in [0.3, 0.4) is 0 Å². The number of hydrogen-bond acceptors (Lipinski definition) is 5. The maximum Gasteiger partial charge on any atom is 0.273 e. The molecule has 0 spiro atoms. The van der Waals surface area contributed by atoms with E-state index in [1.54, 1.807) is 13.0 Å². The molecule has 2 rings (SSSR count). The van der Waals surface area contributed by atoms with Gasteiger partial charge in [0, 0.05) is 12.6 Å². The number of hydrogen-bond donors (Lipinski definition) is 1. The van der Waals surface area contributed by atoms with E-state index in [1.807, 2.05) is 0 Å². The number of sulfone groups is 1. The van der Waals surface area contributed by atoms with Crippen molar-refractivity contribution in [3.8, 4) is 0 Å². The lowest BCUT2D eigenvalue weighted by molar-refractivity contribution is 0.0939. The molecule has 1 aliphatic rings. The van der Waals surface area contributed by atoms with Gasteiger partial charge >= 0.3 is 0 Å². The van der Waals surface area contributed by atoms with Crippen molar-refractivity contribution in [2.24, 2.45) is 5.92 Å². The van der Waals surface area contributed by atoms with Crippen LogP contribution in [0.5, 0.6) is 0 Å². The number of nitrogens with zero attached hydrogens (tertiary/aromatic N) is 1. The van der Waals surface area contributed by atoms with E-state index >= 15 is 0 Å². The first-order chi connectivity index (χ1) is 7.96. The molecule has 1 atom stereocenters. The molecule has 1 N–H and O–H groups in total. The van der Waals surface area contributed by atoms with E-state index < -0.39 is 9.84 Å². The minimum atomic E-state index is -2.89. The Morgan fingerprint density at radius 2 is 2.41 bits per heavy atom. The van der Waals surface area contributed by atoms with Gasteiger partial charge in [0.15, 0.2) is 15.5 Å². The van der Waals surface area contributed by atoms with Gasteiger partial charge in [-0.3, -0.25) is 4.79 Å². The van der Waals surface area contributed by atoms with Crippen molar-refractivity contribution in [2.75, 3.05) is 18.1 Å². The molecule has 1 fully saturated rings. The summed E-state index contributed by atoms with van der Waals surface area (Å²) in [6.07, 6.45) is 0.612. The predicted octanol–water partition coefficient (Wildman–Crippen LogP) is 0.148. The van der Waals surface area contributed by atoms with Crippen LogP contribution < -0.4 is 5.32 Å². The van der Waals surface area contributed by atoms with Crippen LogP contribution in [0.15, 0.2) is 10.6 Å². The summed E-state index contributed by atoms with van der Waals surface area (Å²) < 4.78 is 27.2. The Morgan fingerprint density at radius 3 is 2.94 bits per heavy atom. The van der Waals surface area contributed by atoms with Crippen LogP contribution >= 0.6 is 0 Å². The maximum atomic E-state index is 11.6. The van der Waals surface area contributed by atoms with E-state index in [9.17, 15) is 13.2 Å². The van der Waals surface area contributed by atoms with Crippen molar-refractivity contribution < 1.29 is 17.7 Å². The molecule has 2 heterocycles. The second-order valence-electron chi connectivity index (χ2n) is 4.30. The largest absolute Gasteiger partial charge is 0.361 e. The normalized spacial score (nSPS) is 22.5. The molecule has 1 aliphatic heterocycles. The molecule has 0 radical (unpaired) electrons. The summed E-state index contributed by atoms with van der Waals surface area (Å²) in [5.41, 5.74) is 0.225. The summed E-state index contributed by atoms with van der Waals surface area (Å²) in [5, 5.41) is 6.25. The van der Waals surface area contributed by atoms with Crippen LogP contribution in [0.2, 0.25) is 0 Å². The van der Waals surface area contributed by atoms with Gasteiger partial charge in [-0.05, 0) is 19.3 Å². The number of carbonyl (C=O) groups is 1. The van der Waals surface area contributed by atoms with Crippen LogP contribution in [0.25, 0.3) is 0 Å². The summed E-state index contributed by atoms with van der Waals surface area (Å²) in [4.78, 5) is 11.6. The van der Waals surface area contributed by atoms with Crippen LogP contribution in [-0.4, -0.2) is 37.5 Å². The van der Waals surface area contributed by atoms with Gasteiger partial charge in [-0.25, -0.2) is 8.42 Å². The Labute approximate surface area is 99.3 Å². The quantitative estimate of drug-likeness (QED) is 0.833. The van der Waals surface area contributed by atoms with E-state index in [-0.39, 0.29) is 29.0 Å². The molecule has 0 saturated carbocycles. The Kier molecular flexibility index (Phi) is 3.19. The van der Waals surface area contributed by atoms with E-state index in [1.165, 1.54) is 0 Å². The average Bonchev–Trinajstić information content (AvgIpc) is 2.81. The van der Waals surface area contributed by atoms with Crippen LogP contribution in [0.4, 0.5) is 0 Å². The van der Waals surface area contributed by atoms with Gasteiger partial charge in [0.1, 0.15) is 5.76 Å². The summed E-state index contributed by atoms with van der Waals surface area (Å²) >= 11 is 0. The number of nitrogens with one attached hydrogen (secondary N) is 1. The number of amides is 1. The van der Waals surface area contributed by atoms with Crippen molar-refractivity contribution in [3.63, 3.8) is 0 Å². The van der Waals surface area contributed by atoms with Crippen molar-refractivity contribution in [1.29, 1.82) is 0 Å². The molecule has 94 valence electrons. The molecule has 0 aromatic carbocycles. The highest BCUT2D eigenvalue weighted by Gasteiger charge is 2.28. The molecular formula is C10H14N2O4S. The van der Waals surface area contributed by atoms with Gasteiger partial charge in [-0.15, -0.1) is 0 Å². The summed E-state index contributed by atoms with van der Waals surface area (Å²) in [6, 6.07) is 1.54. The van der Waals surface area contributed by atoms with Gasteiger partial charge in [-0.2, -0.15) is 0 Å². The second-order valence-corrected chi connectivity index (χ2v) is 6.53. The van der Waals surface area contributed by atoms with Crippen molar-refractivity contribution >= 4 is 15.7 Å². The third-order valence-corrected chi connectivity index (χ3v) is 4.58. The molecular weight excluding hydrogens is 244 g/mol. The molecule has 6 nitrogen and oxygen atoms in total. The summed E-state index contributed by atoms with van der Waals surface area (Å²) in [5.74, 6) is 0.628. The van der Waals surface area contributed by atoms with Crippen LogP contribution in [-0.2, 0) is 9.84 Å². The maximum absolute atomic E-state index is 11.6. The van der Waals surface area contributed by atoms with Gasteiger partial charge in [0.25, 0.3) is 5.91 Å². The van der Waals surface area contributed by atoms with Crippen molar-refractivity contribution in [2.45, 2.75) is 13.3 Å². The van der Waals surface area contributed by atoms with E-state index in [0.717, 1.165) is 0 Å². The zero-order chi connectivity index (χ0) is 12.5. The zero-order valence-corrected chi connectivity index (χ0v) is 10.3. The highest BCUT2D eigenvalue weighted by Crippen LogP contribution is 2.17. The van der Waals surface area contributed by atoms with Gasteiger partial charge < -0.3 is 9.84 Å². The smallest absolute Gasteiger partial charge is 0.273 e. The highest BCUT2D eigenvalue weighted by atomic mass is 32.2. The Morgan fingerprint density at radius 1 is 1.65 bits per heavy atom. The minimum Gasteiger partial charge on any atom is -0.361 e. The summed E-state index contributed by atoms with van der Waals surface area (Å²) in [7, 11) is -2.89. The third kappa shape index (κ3) is 3.06. The lowest BCUT2D eigenvalue weighted by atomic mass is 10.1. The first-order valence-electron chi connectivity index (χ1n) is 5.38. The number of aromatic nitrogens is 1. The predicted molar refractivity (Wildman–Crippen MR) is 60.3 cm³/mol. The molecule has 0 bridgehead atoms. The monoisotopic (exact) mass is 258 g/mol. The van der Waals surface area contributed by atoms with Gasteiger partial charge in [-0.1, -0.05) is 5.16 Å². The molecule has 17 heavy (non-hydrogen) atoms. The Balaban J connectivity index is 1.85. The van der Waals surface area contributed by atoms with E-state index in [4.69, 9.17) is 4.52 Å². The number of carbonyl (C=O) groups excluding carboxylic acids is 1. The average molecular weight is 258 g/mol. The number of aryl methyl sites for hydroxylation is 1. The van der Waals surface area contributed by atoms with Gasteiger partial charge in [0.05, 0.1) is 11.5 Å². The van der Waals surface area contributed by atoms with Crippen LogP contribution in [0.1, 0.15) is 22.7 Å². The SMILES string of the molecule is Cc1cc(C(=O)NC[C@H]2CCS(=O)(=O)C2)no1. The summed E-state index contributed by atoms with van der Waals surface area (Å²) in [6.45, 7) is 2.07. The van der Waals surface area contributed by atoms with Crippen LogP contribution in [0, 0.1) is 12.8 Å². The fraction of sp³-hybridized carbons (Fsp3) is 0.600. The Bertz CT molecular complexity index is 520. The topological polar surface area (TPSA) is 89.3 Å². The molecule has 1 amide bonds. The zero-order valence-electron chi connectivity index (χ0n) is 9.47. The fourth-order valence-corrected chi connectivity index (χ4v) is 3.70.